The molecule has 0 saturated heterocycles. The SMILES string of the molecule is Cc1ccc(C(=O)C[C@H](c2ccccc2)C(C)(C)[N+](=O)[O-])cc1. The van der Waals surface area contributed by atoms with Crippen molar-refractivity contribution in [2.45, 2.75) is 38.6 Å². The van der Waals surface area contributed by atoms with Gasteiger partial charge in [0.05, 0.1) is 5.92 Å². The third-order valence-electron chi connectivity index (χ3n) is 4.29. The number of hydrogen-bond donors (Lipinski definition) is 0. The highest BCUT2D eigenvalue weighted by molar-refractivity contribution is 5.96. The molecule has 4 heteroatoms. The first kappa shape index (κ1) is 16.9. The van der Waals surface area contributed by atoms with Crippen LogP contribution in [0.3, 0.4) is 0 Å². The zero-order chi connectivity index (χ0) is 17.0. The highest BCUT2D eigenvalue weighted by Gasteiger charge is 2.42. The molecular formula is C19H21NO3. The van der Waals surface area contributed by atoms with Gasteiger partial charge in [-0.15, -0.1) is 0 Å². The van der Waals surface area contributed by atoms with Crippen molar-refractivity contribution in [3.63, 3.8) is 0 Å². The molecule has 0 aromatic heterocycles. The van der Waals surface area contributed by atoms with E-state index >= 15 is 0 Å². The number of carbonyl (C=O) groups excluding carboxylic acids is 1. The van der Waals surface area contributed by atoms with Gasteiger partial charge in [0.2, 0.25) is 5.54 Å². The quantitative estimate of drug-likeness (QED) is 0.451. The van der Waals surface area contributed by atoms with E-state index in [1.54, 1.807) is 26.0 Å². The second kappa shape index (κ2) is 6.73. The topological polar surface area (TPSA) is 60.2 Å². The van der Waals surface area contributed by atoms with E-state index in [2.05, 4.69) is 0 Å². The molecule has 0 radical (unpaired) electrons. The molecule has 0 bridgehead atoms. The van der Waals surface area contributed by atoms with Crippen LogP contribution in [0.5, 0.6) is 0 Å². The summed E-state index contributed by atoms with van der Waals surface area (Å²) in [7, 11) is 0. The first-order chi connectivity index (χ1) is 10.8. The van der Waals surface area contributed by atoms with Crippen molar-refractivity contribution in [3.05, 3.63) is 81.4 Å². The van der Waals surface area contributed by atoms with Crippen molar-refractivity contribution in [2.75, 3.05) is 0 Å². The van der Waals surface area contributed by atoms with Crippen molar-refractivity contribution in [1.82, 2.24) is 0 Å². The van der Waals surface area contributed by atoms with Gasteiger partial charge in [-0.05, 0) is 12.5 Å². The summed E-state index contributed by atoms with van der Waals surface area (Å²) in [6.07, 6.45) is 0.112. The fourth-order valence-corrected chi connectivity index (χ4v) is 2.63. The van der Waals surface area contributed by atoms with Gasteiger partial charge in [0.25, 0.3) is 0 Å². The lowest BCUT2D eigenvalue weighted by Crippen LogP contribution is -2.39. The maximum absolute atomic E-state index is 12.6. The van der Waals surface area contributed by atoms with E-state index in [0.29, 0.717) is 5.56 Å². The molecule has 2 aromatic carbocycles. The summed E-state index contributed by atoms with van der Waals surface area (Å²) < 4.78 is 0. The molecule has 1 atom stereocenters. The summed E-state index contributed by atoms with van der Waals surface area (Å²) in [4.78, 5) is 23.8. The van der Waals surface area contributed by atoms with Gasteiger partial charge in [0.15, 0.2) is 5.78 Å². The van der Waals surface area contributed by atoms with Crippen LogP contribution in [0.25, 0.3) is 0 Å². The fourth-order valence-electron chi connectivity index (χ4n) is 2.63. The van der Waals surface area contributed by atoms with Crippen LogP contribution in [0, 0.1) is 17.0 Å². The second-order valence-corrected chi connectivity index (χ2v) is 6.37. The summed E-state index contributed by atoms with van der Waals surface area (Å²) in [5.74, 6) is -0.554. The number of ketones is 1. The minimum absolute atomic E-state index is 0.0752. The van der Waals surface area contributed by atoms with Gasteiger partial charge >= 0.3 is 0 Å². The number of carbonyl (C=O) groups is 1. The van der Waals surface area contributed by atoms with Gasteiger partial charge in [-0.25, -0.2) is 0 Å². The molecule has 4 nitrogen and oxygen atoms in total. The van der Waals surface area contributed by atoms with Crippen molar-refractivity contribution in [2.24, 2.45) is 0 Å². The Morgan fingerprint density at radius 2 is 1.65 bits per heavy atom. The van der Waals surface area contributed by atoms with E-state index in [1.165, 1.54) is 0 Å². The minimum atomic E-state index is -1.22. The monoisotopic (exact) mass is 311 g/mol. The van der Waals surface area contributed by atoms with Crippen LogP contribution in [0.1, 0.15) is 47.7 Å². The smallest absolute Gasteiger partial charge is 0.223 e. The zero-order valence-corrected chi connectivity index (χ0v) is 13.7. The molecule has 120 valence electrons. The molecule has 0 saturated carbocycles. The Morgan fingerprint density at radius 1 is 1.09 bits per heavy atom. The average molecular weight is 311 g/mol. The molecule has 0 amide bonds. The van der Waals surface area contributed by atoms with E-state index in [0.717, 1.165) is 11.1 Å². The molecule has 0 spiro atoms. The summed E-state index contributed by atoms with van der Waals surface area (Å²) >= 11 is 0. The summed E-state index contributed by atoms with van der Waals surface area (Å²) in [6.45, 7) is 5.11. The summed E-state index contributed by atoms with van der Waals surface area (Å²) in [6, 6.07) is 16.5. The zero-order valence-electron chi connectivity index (χ0n) is 13.7. The predicted octanol–water partition coefficient (Wildman–Crippen LogP) is 4.41. The van der Waals surface area contributed by atoms with E-state index in [9.17, 15) is 14.9 Å². The molecule has 0 aliphatic carbocycles. The highest BCUT2D eigenvalue weighted by atomic mass is 16.6. The molecule has 0 N–H and O–H groups in total. The first-order valence-electron chi connectivity index (χ1n) is 7.61. The van der Waals surface area contributed by atoms with Crippen LogP contribution in [0.15, 0.2) is 54.6 Å². The molecule has 2 aromatic rings. The number of hydrogen-bond acceptors (Lipinski definition) is 3. The molecule has 0 unspecified atom stereocenters. The van der Waals surface area contributed by atoms with Gasteiger partial charge in [0.1, 0.15) is 0 Å². The summed E-state index contributed by atoms with van der Waals surface area (Å²) in [5.41, 5.74) is 1.26. The van der Waals surface area contributed by atoms with E-state index in [4.69, 9.17) is 0 Å². The Balaban J connectivity index is 2.33. The van der Waals surface area contributed by atoms with Gasteiger partial charge in [0, 0.05) is 30.8 Å². The minimum Gasteiger partial charge on any atom is -0.294 e. The number of aryl methyl sites for hydroxylation is 1. The molecule has 2 rings (SSSR count). The van der Waals surface area contributed by atoms with Crippen molar-refractivity contribution in [3.8, 4) is 0 Å². The van der Waals surface area contributed by atoms with Crippen molar-refractivity contribution >= 4 is 5.78 Å². The maximum atomic E-state index is 12.6. The van der Waals surface area contributed by atoms with Crippen LogP contribution in [0.2, 0.25) is 0 Å². The standard InChI is InChI=1S/C19H21NO3/c1-14-9-11-16(12-10-14)18(21)13-17(19(2,3)20(22)23)15-7-5-4-6-8-15/h4-12,17H,13H2,1-3H3/t17-/m1/s1. The molecular weight excluding hydrogens is 290 g/mol. The van der Waals surface area contributed by atoms with Crippen molar-refractivity contribution < 1.29 is 9.72 Å². The number of nitrogens with zero attached hydrogens (tertiary/aromatic N) is 1. The average Bonchev–Trinajstić information content (AvgIpc) is 2.53. The van der Waals surface area contributed by atoms with E-state index < -0.39 is 11.5 Å². The van der Waals surface area contributed by atoms with Gasteiger partial charge in [-0.3, -0.25) is 14.9 Å². The maximum Gasteiger partial charge on any atom is 0.223 e. The first-order valence-corrected chi connectivity index (χ1v) is 7.61. The van der Waals surface area contributed by atoms with E-state index in [-0.39, 0.29) is 17.1 Å². The van der Waals surface area contributed by atoms with Crippen LogP contribution in [-0.4, -0.2) is 16.2 Å². The van der Waals surface area contributed by atoms with Crippen LogP contribution in [0.4, 0.5) is 0 Å². The molecule has 0 heterocycles. The van der Waals surface area contributed by atoms with Crippen LogP contribution >= 0.6 is 0 Å². The lowest BCUT2D eigenvalue weighted by Gasteiger charge is -2.26. The third-order valence-corrected chi connectivity index (χ3v) is 4.29. The van der Waals surface area contributed by atoms with Crippen LogP contribution in [-0.2, 0) is 0 Å². The molecule has 0 aliphatic heterocycles. The Hall–Kier alpha value is -2.49. The lowest BCUT2D eigenvalue weighted by atomic mass is 9.78. The molecule has 0 aliphatic rings. The Labute approximate surface area is 136 Å². The van der Waals surface area contributed by atoms with E-state index in [1.807, 2.05) is 49.4 Å². The van der Waals surface area contributed by atoms with Crippen LogP contribution < -0.4 is 0 Å². The number of benzene rings is 2. The second-order valence-electron chi connectivity index (χ2n) is 6.37. The molecule has 23 heavy (non-hydrogen) atoms. The number of rotatable bonds is 6. The highest BCUT2D eigenvalue weighted by Crippen LogP contribution is 2.34. The Kier molecular flexibility index (Phi) is 4.94. The predicted molar refractivity (Wildman–Crippen MR) is 90.4 cm³/mol. The number of nitro groups is 1. The lowest BCUT2D eigenvalue weighted by molar-refractivity contribution is -0.565. The Bertz CT molecular complexity index is 690. The van der Waals surface area contributed by atoms with Gasteiger partial charge < -0.3 is 0 Å². The third kappa shape index (κ3) is 3.83. The van der Waals surface area contributed by atoms with Gasteiger partial charge in [-0.2, -0.15) is 0 Å². The number of Topliss-reactive ketones (excluding diaryl/α,β-unsaturated/α-hetero) is 1. The fraction of sp³-hybridized carbons (Fsp3) is 0.316. The van der Waals surface area contributed by atoms with Gasteiger partial charge in [-0.1, -0.05) is 60.2 Å². The molecule has 0 fully saturated rings. The largest absolute Gasteiger partial charge is 0.294 e. The van der Waals surface area contributed by atoms with Crippen molar-refractivity contribution in [1.29, 1.82) is 0 Å². The Morgan fingerprint density at radius 3 is 2.17 bits per heavy atom. The normalized spacial score (nSPS) is 12.7. The summed E-state index contributed by atoms with van der Waals surface area (Å²) in [5, 5.41) is 11.5.